The highest BCUT2D eigenvalue weighted by Crippen LogP contribution is 2.39. The fourth-order valence-corrected chi connectivity index (χ4v) is 2.80. The number of carbonyl (C=O) groups is 1. The third-order valence-electron chi connectivity index (χ3n) is 3.99. The van der Waals surface area contributed by atoms with Gasteiger partial charge in [0.25, 0.3) is 0 Å². The zero-order valence-electron chi connectivity index (χ0n) is 15.7. The summed E-state index contributed by atoms with van der Waals surface area (Å²) in [6.07, 6.45) is -4.11. The molecule has 0 saturated carbocycles. The Kier molecular flexibility index (Phi) is 5.73. The van der Waals surface area contributed by atoms with Gasteiger partial charge in [-0.05, 0) is 41.7 Å². The van der Waals surface area contributed by atoms with E-state index in [9.17, 15) is 18.0 Å². The molecule has 2 rings (SSSR count). The number of alkyl halides is 3. The molecule has 0 aliphatic heterocycles. The van der Waals surface area contributed by atoms with Crippen LogP contribution in [0.15, 0.2) is 30.3 Å². The standard InChI is InChI=1S/C20H21F3O4/c1-12-14(11-24)16(9-7-15(12)19(2,3)4)26-17-8-6-13(10-18(17)25-5)27-20(21,22)23/h6-11H,1-5H3. The van der Waals surface area contributed by atoms with Crippen LogP contribution in [0.25, 0.3) is 0 Å². The van der Waals surface area contributed by atoms with Crippen molar-refractivity contribution in [3.8, 4) is 23.0 Å². The number of methoxy groups -OCH3 is 1. The van der Waals surface area contributed by atoms with E-state index in [0.29, 0.717) is 17.6 Å². The Bertz CT molecular complexity index is 836. The van der Waals surface area contributed by atoms with E-state index in [1.165, 1.54) is 13.2 Å². The molecule has 0 fully saturated rings. The van der Waals surface area contributed by atoms with E-state index in [-0.39, 0.29) is 16.9 Å². The largest absolute Gasteiger partial charge is 0.573 e. The fourth-order valence-electron chi connectivity index (χ4n) is 2.80. The van der Waals surface area contributed by atoms with E-state index in [2.05, 4.69) is 4.74 Å². The highest BCUT2D eigenvalue weighted by atomic mass is 19.4. The van der Waals surface area contributed by atoms with Crippen molar-refractivity contribution in [1.82, 2.24) is 0 Å². The Labute approximate surface area is 155 Å². The lowest BCUT2D eigenvalue weighted by atomic mass is 9.82. The van der Waals surface area contributed by atoms with Crippen molar-refractivity contribution in [3.63, 3.8) is 0 Å². The van der Waals surface area contributed by atoms with E-state index in [1.807, 2.05) is 33.8 Å². The fraction of sp³-hybridized carbons (Fsp3) is 0.350. The number of ether oxygens (including phenoxy) is 3. The van der Waals surface area contributed by atoms with Crippen molar-refractivity contribution in [1.29, 1.82) is 0 Å². The first-order valence-corrected chi connectivity index (χ1v) is 8.17. The molecule has 0 radical (unpaired) electrons. The zero-order valence-corrected chi connectivity index (χ0v) is 15.7. The van der Waals surface area contributed by atoms with Crippen molar-refractivity contribution in [2.24, 2.45) is 0 Å². The van der Waals surface area contributed by atoms with Gasteiger partial charge in [0.1, 0.15) is 11.5 Å². The second kappa shape index (κ2) is 7.50. The molecule has 0 saturated heterocycles. The summed E-state index contributed by atoms with van der Waals surface area (Å²) in [5, 5.41) is 0. The molecule has 0 bridgehead atoms. The lowest BCUT2D eigenvalue weighted by Crippen LogP contribution is -2.17. The van der Waals surface area contributed by atoms with Crippen LogP contribution in [0.5, 0.6) is 23.0 Å². The van der Waals surface area contributed by atoms with E-state index >= 15 is 0 Å². The van der Waals surface area contributed by atoms with Crippen molar-refractivity contribution < 1.29 is 32.2 Å². The first kappa shape index (κ1) is 20.6. The molecule has 0 heterocycles. The summed E-state index contributed by atoms with van der Waals surface area (Å²) < 4.78 is 51.8. The van der Waals surface area contributed by atoms with Crippen LogP contribution < -0.4 is 14.2 Å². The van der Waals surface area contributed by atoms with Crippen LogP contribution in [-0.4, -0.2) is 19.8 Å². The van der Waals surface area contributed by atoms with E-state index < -0.39 is 12.1 Å². The van der Waals surface area contributed by atoms with Gasteiger partial charge in [0, 0.05) is 6.07 Å². The van der Waals surface area contributed by atoms with Crippen LogP contribution in [0.2, 0.25) is 0 Å². The number of rotatable bonds is 5. The molecule has 0 atom stereocenters. The number of halogens is 3. The summed E-state index contributed by atoms with van der Waals surface area (Å²) in [7, 11) is 1.30. The van der Waals surface area contributed by atoms with Crippen LogP contribution in [-0.2, 0) is 5.41 Å². The van der Waals surface area contributed by atoms with Gasteiger partial charge in [0.05, 0.1) is 12.7 Å². The number of benzene rings is 2. The topological polar surface area (TPSA) is 44.8 Å². The van der Waals surface area contributed by atoms with Crippen LogP contribution in [0.4, 0.5) is 13.2 Å². The maximum atomic E-state index is 12.4. The first-order chi connectivity index (χ1) is 12.5. The van der Waals surface area contributed by atoms with Gasteiger partial charge in [0.2, 0.25) is 0 Å². The van der Waals surface area contributed by atoms with Crippen molar-refractivity contribution in [3.05, 3.63) is 47.0 Å². The highest BCUT2D eigenvalue weighted by Gasteiger charge is 2.31. The molecule has 0 aromatic heterocycles. The molecule has 0 aliphatic rings. The van der Waals surface area contributed by atoms with Crippen LogP contribution in [0.1, 0.15) is 42.3 Å². The lowest BCUT2D eigenvalue weighted by Gasteiger charge is -2.24. The second-order valence-corrected chi connectivity index (χ2v) is 6.98. The minimum Gasteiger partial charge on any atom is -0.493 e. The highest BCUT2D eigenvalue weighted by molar-refractivity contribution is 5.83. The van der Waals surface area contributed by atoms with Crippen LogP contribution in [0, 0.1) is 6.92 Å². The quantitative estimate of drug-likeness (QED) is 0.613. The van der Waals surface area contributed by atoms with Gasteiger partial charge in [-0.15, -0.1) is 13.2 Å². The van der Waals surface area contributed by atoms with Crippen molar-refractivity contribution in [2.75, 3.05) is 7.11 Å². The minimum absolute atomic E-state index is 0.0474. The lowest BCUT2D eigenvalue weighted by molar-refractivity contribution is -0.274. The average molecular weight is 382 g/mol. The molecule has 0 spiro atoms. The molecule has 2 aromatic carbocycles. The summed E-state index contributed by atoms with van der Waals surface area (Å²) in [6, 6.07) is 7.01. The molecule has 0 unspecified atom stereocenters. The smallest absolute Gasteiger partial charge is 0.493 e. The number of hydrogen-bond acceptors (Lipinski definition) is 4. The summed E-state index contributed by atoms with van der Waals surface area (Å²) >= 11 is 0. The Morgan fingerprint density at radius 2 is 1.59 bits per heavy atom. The number of hydrogen-bond donors (Lipinski definition) is 0. The molecular formula is C20H21F3O4. The molecule has 0 amide bonds. The van der Waals surface area contributed by atoms with Gasteiger partial charge in [-0.25, -0.2) is 0 Å². The van der Waals surface area contributed by atoms with Gasteiger partial charge >= 0.3 is 6.36 Å². The molecule has 4 nitrogen and oxygen atoms in total. The Morgan fingerprint density at radius 3 is 2.11 bits per heavy atom. The van der Waals surface area contributed by atoms with E-state index in [1.54, 1.807) is 6.07 Å². The van der Waals surface area contributed by atoms with Gasteiger partial charge in [-0.3, -0.25) is 4.79 Å². The van der Waals surface area contributed by atoms with Crippen LogP contribution in [0.3, 0.4) is 0 Å². The van der Waals surface area contributed by atoms with E-state index in [0.717, 1.165) is 23.3 Å². The third-order valence-corrected chi connectivity index (χ3v) is 3.99. The maximum Gasteiger partial charge on any atom is 0.573 e. The van der Waals surface area contributed by atoms with Crippen LogP contribution >= 0.6 is 0 Å². The maximum absolute atomic E-state index is 12.4. The first-order valence-electron chi connectivity index (χ1n) is 8.17. The molecule has 0 N–H and O–H groups in total. The van der Waals surface area contributed by atoms with Gasteiger partial charge in [-0.1, -0.05) is 26.8 Å². The third kappa shape index (κ3) is 4.93. The van der Waals surface area contributed by atoms with Crippen molar-refractivity contribution in [2.45, 2.75) is 39.5 Å². The predicted molar refractivity (Wildman–Crippen MR) is 95.0 cm³/mol. The zero-order chi connectivity index (χ0) is 20.4. The second-order valence-electron chi connectivity index (χ2n) is 6.98. The SMILES string of the molecule is COc1cc(OC(F)(F)F)ccc1Oc1ccc(C(C)(C)C)c(C)c1C=O. The van der Waals surface area contributed by atoms with Gasteiger partial charge in [-0.2, -0.15) is 0 Å². The molecule has 2 aromatic rings. The minimum atomic E-state index is -4.81. The Balaban J connectivity index is 2.42. The monoisotopic (exact) mass is 382 g/mol. The summed E-state index contributed by atoms with van der Waals surface area (Å²) in [4.78, 5) is 11.6. The predicted octanol–water partition coefficient (Wildman–Crippen LogP) is 5.80. The molecule has 27 heavy (non-hydrogen) atoms. The molecule has 7 heteroatoms. The van der Waals surface area contributed by atoms with Gasteiger partial charge < -0.3 is 14.2 Å². The molecule has 146 valence electrons. The average Bonchev–Trinajstić information content (AvgIpc) is 2.54. The normalized spacial score (nSPS) is 11.9. The Hall–Kier alpha value is -2.70. The Morgan fingerprint density at radius 1 is 0.963 bits per heavy atom. The number of carbonyl (C=O) groups excluding carboxylic acids is 1. The summed E-state index contributed by atoms with van der Waals surface area (Å²) in [6.45, 7) is 7.93. The summed E-state index contributed by atoms with van der Waals surface area (Å²) in [5.41, 5.74) is 2.00. The van der Waals surface area contributed by atoms with Gasteiger partial charge in [0.15, 0.2) is 17.8 Å². The molecular weight excluding hydrogens is 361 g/mol. The molecule has 0 aliphatic carbocycles. The van der Waals surface area contributed by atoms with Crippen molar-refractivity contribution >= 4 is 6.29 Å². The summed E-state index contributed by atoms with van der Waals surface area (Å²) in [5.74, 6) is 0.0732. The van der Waals surface area contributed by atoms with E-state index in [4.69, 9.17) is 9.47 Å². The number of aldehydes is 1.